The summed E-state index contributed by atoms with van der Waals surface area (Å²) in [6.45, 7) is 5.87. The molecule has 0 bridgehead atoms. The Hall–Kier alpha value is -1.75. The van der Waals surface area contributed by atoms with Crippen molar-refractivity contribution in [2.75, 3.05) is 17.2 Å². The van der Waals surface area contributed by atoms with Gasteiger partial charge in [0.2, 0.25) is 16.0 Å². The van der Waals surface area contributed by atoms with Crippen LogP contribution in [0.1, 0.15) is 19.4 Å². The second-order valence-electron chi connectivity index (χ2n) is 5.73. The van der Waals surface area contributed by atoms with E-state index in [4.69, 9.17) is 5.14 Å². The number of hydrogen-bond acceptors (Lipinski definition) is 8. The van der Waals surface area contributed by atoms with Crippen LogP contribution in [0, 0.1) is 12.8 Å². The highest BCUT2D eigenvalue weighted by Crippen LogP contribution is 2.25. The van der Waals surface area contributed by atoms with Crippen LogP contribution in [0.2, 0.25) is 0 Å². The molecular weight excluding hydrogens is 350 g/mol. The van der Waals surface area contributed by atoms with E-state index >= 15 is 0 Å². The zero-order valence-electron chi connectivity index (χ0n) is 13.6. The largest absolute Gasteiger partial charge is 0.394 e. The number of nitrogens with two attached hydrogens (primary N) is 1. The third kappa shape index (κ3) is 4.63. The Morgan fingerprint density at radius 3 is 2.67 bits per heavy atom. The van der Waals surface area contributed by atoms with Crippen molar-refractivity contribution in [1.29, 1.82) is 0 Å². The normalized spacial score (nSPS) is 13.1. The molecule has 0 unspecified atom stereocenters. The highest BCUT2D eigenvalue weighted by atomic mass is 32.2. The van der Waals surface area contributed by atoms with Gasteiger partial charge in [-0.25, -0.2) is 18.5 Å². The topological polar surface area (TPSA) is 130 Å². The van der Waals surface area contributed by atoms with Gasteiger partial charge in [-0.1, -0.05) is 13.8 Å². The predicted octanol–water partition coefficient (Wildman–Crippen LogP) is 1.67. The van der Waals surface area contributed by atoms with Gasteiger partial charge in [-0.15, -0.1) is 11.3 Å². The zero-order valence-corrected chi connectivity index (χ0v) is 15.3. The lowest BCUT2D eigenvalue weighted by Gasteiger charge is -2.21. The SMILES string of the molecule is Cc1cnc(Nc2csc(S(N)(=O)=O)c2)nc1N[C@H](CO)C(C)C. The molecule has 2 aromatic rings. The fraction of sp³-hybridized carbons (Fsp3) is 0.429. The maximum absolute atomic E-state index is 11.3. The molecule has 132 valence electrons. The number of anilines is 3. The number of aromatic nitrogens is 2. The minimum absolute atomic E-state index is 0.00782. The molecule has 0 spiro atoms. The summed E-state index contributed by atoms with van der Waals surface area (Å²) < 4.78 is 22.7. The first-order valence-electron chi connectivity index (χ1n) is 7.30. The molecule has 8 nitrogen and oxygen atoms in total. The minimum Gasteiger partial charge on any atom is -0.394 e. The molecule has 0 aliphatic rings. The Labute approximate surface area is 145 Å². The van der Waals surface area contributed by atoms with Gasteiger partial charge in [0.05, 0.1) is 18.3 Å². The summed E-state index contributed by atoms with van der Waals surface area (Å²) in [5, 5.41) is 22.3. The molecule has 0 aromatic carbocycles. The number of rotatable bonds is 7. The summed E-state index contributed by atoms with van der Waals surface area (Å²) in [6, 6.07) is 1.31. The molecule has 0 amide bonds. The number of aliphatic hydroxyl groups excluding tert-OH is 1. The molecule has 0 saturated carbocycles. The van der Waals surface area contributed by atoms with Crippen LogP contribution in [0.15, 0.2) is 21.9 Å². The van der Waals surface area contributed by atoms with E-state index in [0.717, 1.165) is 16.9 Å². The Morgan fingerprint density at radius 2 is 2.12 bits per heavy atom. The van der Waals surface area contributed by atoms with Gasteiger partial charge in [-0.2, -0.15) is 4.98 Å². The lowest BCUT2D eigenvalue weighted by atomic mass is 10.1. The Morgan fingerprint density at radius 1 is 1.42 bits per heavy atom. The number of aliphatic hydroxyl groups is 1. The van der Waals surface area contributed by atoms with Crippen molar-refractivity contribution in [3.63, 3.8) is 0 Å². The van der Waals surface area contributed by atoms with Crippen LogP contribution in [-0.2, 0) is 10.0 Å². The van der Waals surface area contributed by atoms with E-state index in [1.165, 1.54) is 6.07 Å². The van der Waals surface area contributed by atoms with Crippen LogP contribution in [0.5, 0.6) is 0 Å². The Kier molecular flexibility index (Phi) is 5.75. The van der Waals surface area contributed by atoms with E-state index in [9.17, 15) is 13.5 Å². The fourth-order valence-corrected chi connectivity index (χ4v) is 3.44. The molecule has 0 aliphatic heterocycles. The molecule has 24 heavy (non-hydrogen) atoms. The number of sulfonamides is 1. The maximum Gasteiger partial charge on any atom is 0.247 e. The first-order valence-corrected chi connectivity index (χ1v) is 9.72. The summed E-state index contributed by atoms with van der Waals surface area (Å²) >= 11 is 1.02. The average Bonchev–Trinajstić information content (AvgIpc) is 2.96. The lowest BCUT2D eigenvalue weighted by Crippen LogP contribution is -2.30. The quantitative estimate of drug-likeness (QED) is 0.582. The van der Waals surface area contributed by atoms with Crippen molar-refractivity contribution in [1.82, 2.24) is 9.97 Å². The molecule has 5 N–H and O–H groups in total. The molecule has 0 saturated heterocycles. The van der Waals surface area contributed by atoms with Gasteiger partial charge >= 0.3 is 0 Å². The van der Waals surface area contributed by atoms with Gasteiger partial charge in [0, 0.05) is 17.1 Å². The van der Waals surface area contributed by atoms with Gasteiger partial charge < -0.3 is 15.7 Å². The zero-order chi connectivity index (χ0) is 17.9. The summed E-state index contributed by atoms with van der Waals surface area (Å²) in [6.07, 6.45) is 1.65. The Bertz CT molecular complexity index is 804. The van der Waals surface area contributed by atoms with Crippen molar-refractivity contribution in [3.05, 3.63) is 23.2 Å². The van der Waals surface area contributed by atoms with Gasteiger partial charge in [-0.3, -0.25) is 0 Å². The fourth-order valence-electron chi connectivity index (χ4n) is 1.91. The lowest BCUT2D eigenvalue weighted by molar-refractivity contribution is 0.249. The summed E-state index contributed by atoms with van der Waals surface area (Å²) in [5.74, 6) is 1.17. The number of primary sulfonamides is 1. The number of aryl methyl sites for hydroxylation is 1. The number of hydrogen-bond donors (Lipinski definition) is 4. The average molecular weight is 371 g/mol. The standard InChI is InChI=1S/C14H21N5O3S2/c1-8(2)11(6-20)18-13-9(3)5-16-14(19-13)17-10-4-12(23-7-10)24(15,21)22/h4-5,7-8,11,20H,6H2,1-3H3,(H2,15,21,22)(H2,16,17,18,19)/t11-/m1/s1. The molecule has 1 atom stereocenters. The highest BCUT2D eigenvalue weighted by Gasteiger charge is 2.15. The van der Waals surface area contributed by atoms with Crippen LogP contribution in [0.25, 0.3) is 0 Å². The molecule has 10 heteroatoms. The third-order valence-corrected chi connectivity index (χ3v) is 5.79. The highest BCUT2D eigenvalue weighted by molar-refractivity contribution is 7.91. The molecule has 2 rings (SSSR count). The first kappa shape index (κ1) is 18.6. The minimum atomic E-state index is -3.72. The van der Waals surface area contributed by atoms with E-state index in [1.54, 1.807) is 11.6 Å². The van der Waals surface area contributed by atoms with E-state index in [0.29, 0.717) is 17.5 Å². The van der Waals surface area contributed by atoms with E-state index < -0.39 is 10.0 Å². The van der Waals surface area contributed by atoms with Crippen LogP contribution in [0.4, 0.5) is 17.5 Å². The monoisotopic (exact) mass is 371 g/mol. The molecule has 2 heterocycles. The van der Waals surface area contributed by atoms with Gasteiger partial charge in [0.1, 0.15) is 10.0 Å². The van der Waals surface area contributed by atoms with E-state index in [1.807, 2.05) is 20.8 Å². The molecule has 2 aromatic heterocycles. The molecule has 0 fully saturated rings. The maximum atomic E-state index is 11.3. The second kappa shape index (κ2) is 7.43. The molecule has 0 aliphatic carbocycles. The summed E-state index contributed by atoms with van der Waals surface area (Å²) in [5.41, 5.74) is 1.39. The van der Waals surface area contributed by atoms with Crippen molar-refractivity contribution < 1.29 is 13.5 Å². The summed E-state index contributed by atoms with van der Waals surface area (Å²) in [4.78, 5) is 8.57. The number of nitrogens with zero attached hydrogens (tertiary/aromatic N) is 2. The third-order valence-electron chi connectivity index (χ3n) is 3.41. The van der Waals surface area contributed by atoms with Crippen LogP contribution < -0.4 is 15.8 Å². The second-order valence-corrected chi connectivity index (χ2v) is 8.43. The van der Waals surface area contributed by atoms with Crippen LogP contribution >= 0.6 is 11.3 Å². The van der Waals surface area contributed by atoms with Gasteiger partial charge in [0.25, 0.3) is 0 Å². The molecule has 0 radical (unpaired) electrons. The van der Waals surface area contributed by atoms with Gasteiger partial charge in [0.15, 0.2) is 0 Å². The van der Waals surface area contributed by atoms with E-state index in [2.05, 4.69) is 20.6 Å². The summed E-state index contributed by atoms with van der Waals surface area (Å²) in [7, 11) is -3.72. The smallest absolute Gasteiger partial charge is 0.247 e. The Balaban J connectivity index is 2.20. The van der Waals surface area contributed by atoms with E-state index in [-0.39, 0.29) is 22.8 Å². The van der Waals surface area contributed by atoms with Crippen LogP contribution in [-0.4, -0.2) is 36.1 Å². The first-order chi connectivity index (χ1) is 11.2. The van der Waals surface area contributed by atoms with Gasteiger partial charge in [-0.05, 0) is 18.9 Å². The van der Waals surface area contributed by atoms with Crippen molar-refractivity contribution in [3.8, 4) is 0 Å². The van der Waals surface area contributed by atoms with Crippen molar-refractivity contribution in [2.45, 2.75) is 31.0 Å². The number of thiophene rings is 1. The number of nitrogens with one attached hydrogen (secondary N) is 2. The van der Waals surface area contributed by atoms with Crippen molar-refractivity contribution in [2.24, 2.45) is 11.1 Å². The van der Waals surface area contributed by atoms with Crippen molar-refractivity contribution >= 4 is 38.8 Å². The van der Waals surface area contributed by atoms with Crippen LogP contribution in [0.3, 0.4) is 0 Å². The molecular formula is C14H21N5O3S2. The predicted molar refractivity (Wildman–Crippen MR) is 95.1 cm³/mol.